The van der Waals surface area contributed by atoms with Crippen molar-refractivity contribution in [1.29, 1.82) is 0 Å². The predicted octanol–water partition coefficient (Wildman–Crippen LogP) is 2.88. The molecule has 92 valence electrons. The first-order valence-electron chi connectivity index (χ1n) is 5.90. The highest BCUT2D eigenvalue weighted by Crippen LogP contribution is 2.15. The fourth-order valence-corrected chi connectivity index (χ4v) is 1.82. The number of fused-ring (bicyclic) bond motifs is 1. The number of rotatable bonds is 2. The number of benzene rings is 1. The van der Waals surface area contributed by atoms with Gasteiger partial charge in [0.1, 0.15) is 5.82 Å². The molecule has 4 nitrogen and oxygen atoms in total. The summed E-state index contributed by atoms with van der Waals surface area (Å²) in [5, 5.41) is 3.80. The molecular weight excluding hydrogens is 238 g/mol. The molecule has 0 aliphatic rings. The lowest BCUT2D eigenvalue weighted by Crippen LogP contribution is -2.12. The highest BCUT2D eigenvalue weighted by atomic mass is 16.1. The number of amides is 1. The van der Waals surface area contributed by atoms with E-state index in [1.807, 2.05) is 30.3 Å². The number of hydrogen-bond donors (Lipinski definition) is 1. The smallest absolute Gasteiger partial charge is 0.258 e. The van der Waals surface area contributed by atoms with Crippen molar-refractivity contribution in [3.8, 4) is 0 Å². The molecule has 0 bridgehead atoms. The van der Waals surface area contributed by atoms with Crippen LogP contribution < -0.4 is 5.32 Å². The van der Waals surface area contributed by atoms with Gasteiger partial charge in [0.15, 0.2) is 0 Å². The first kappa shape index (κ1) is 11.3. The number of pyridine rings is 2. The van der Waals surface area contributed by atoms with E-state index in [-0.39, 0.29) is 5.91 Å². The van der Waals surface area contributed by atoms with Crippen molar-refractivity contribution in [1.82, 2.24) is 9.97 Å². The summed E-state index contributed by atoms with van der Waals surface area (Å²) in [4.78, 5) is 20.3. The Morgan fingerprint density at radius 3 is 2.74 bits per heavy atom. The third-order valence-corrected chi connectivity index (χ3v) is 2.76. The summed E-state index contributed by atoms with van der Waals surface area (Å²) in [5.41, 5.74) is 1.36. The van der Waals surface area contributed by atoms with Crippen molar-refractivity contribution >= 4 is 22.6 Å². The van der Waals surface area contributed by atoms with Gasteiger partial charge in [0, 0.05) is 17.8 Å². The maximum absolute atomic E-state index is 12.0. The second-order valence-corrected chi connectivity index (χ2v) is 4.09. The fraction of sp³-hybridized carbons (Fsp3) is 0. The molecule has 3 aromatic rings. The minimum absolute atomic E-state index is 0.212. The molecule has 2 aromatic heterocycles. The standard InChI is InChI=1S/C15H11N3O/c19-15(12-5-3-9-16-10-12)18-14-8-7-11-4-1-2-6-13(11)17-14/h1-10H,(H,17,18,19). The Hall–Kier alpha value is -2.75. The summed E-state index contributed by atoms with van der Waals surface area (Å²) in [7, 11) is 0. The van der Waals surface area contributed by atoms with E-state index in [0.29, 0.717) is 11.4 Å². The van der Waals surface area contributed by atoms with Crippen LogP contribution in [-0.4, -0.2) is 15.9 Å². The lowest BCUT2D eigenvalue weighted by Gasteiger charge is -2.05. The van der Waals surface area contributed by atoms with Crippen molar-refractivity contribution in [2.24, 2.45) is 0 Å². The van der Waals surface area contributed by atoms with Crippen LogP contribution in [0.4, 0.5) is 5.82 Å². The molecule has 2 heterocycles. The highest BCUT2D eigenvalue weighted by Gasteiger charge is 2.06. The lowest BCUT2D eigenvalue weighted by molar-refractivity contribution is 0.102. The van der Waals surface area contributed by atoms with Crippen LogP contribution in [0.25, 0.3) is 10.9 Å². The van der Waals surface area contributed by atoms with E-state index < -0.39 is 0 Å². The Morgan fingerprint density at radius 2 is 1.89 bits per heavy atom. The Kier molecular flexibility index (Phi) is 2.90. The molecule has 19 heavy (non-hydrogen) atoms. The van der Waals surface area contributed by atoms with Crippen LogP contribution in [0.3, 0.4) is 0 Å². The molecule has 3 rings (SSSR count). The zero-order valence-corrected chi connectivity index (χ0v) is 10.1. The minimum atomic E-state index is -0.212. The van der Waals surface area contributed by atoms with Crippen LogP contribution in [0.2, 0.25) is 0 Å². The second-order valence-electron chi connectivity index (χ2n) is 4.09. The molecule has 1 aromatic carbocycles. The number of aromatic nitrogens is 2. The van der Waals surface area contributed by atoms with Crippen molar-refractivity contribution in [2.45, 2.75) is 0 Å². The molecular formula is C15H11N3O. The molecule has 1 amide bonds. The van der Waals surface area contributed by atoms with E-state index in [1.165, 1.54) is 6.20 Å². The molecule has 0 radical (unpaired) electrons. The molecule has 0 spiro atoms. The van der Waals surface area contributed by atoms with Crippen LogP contribution in [0.5, 0.6) is 0 Å². The second kappa shape index (κ2) is 4.86. The molecule has 0 aliphatic heterocycles. The third-order valence-electron chi connectivity index (χ3n) is 2.76. The number of nitrogens with zero attached hydrogens (tertiary/aromatic N) is 2. The summed E-state index contributed by atoms with van der Waals surface area (Å²) in [6.45, 7) is 0. The topological polar surface area (TPSA) is 54.9 Å². The van der Waals surface area contributed by atoms with Gasteiger partial charge < -0.3 is 5.32 Å². The van der Waals surface area contributed by atoms with Crippen LogP contribution in [0.1, 0.15) is 10.4 Å². The van der Waals surface area contributed by atoms with Crippen molar-refractivity contribution < 1.29 is 4.79 Å². The van der Waals surface area contributed by atoms with Gasteiger partial charge in [-0.25, -0.2) is 4.98 Å². The molecule has 0 fully saturated rings. The van der Waals surface area contributed by atoms with Crippen molar-refractivity contribution in [3.63, 3.8) is 0 Å². The lowest BCUT2D eigenvalue weighted by atomic mass is 10.2. The predicted molar refractivity (Wildman–Crippen MR) is 73.9 cm³/mol. The zero-order valence-electron chi connectivity index (χ0n) is 10.1. The Labute approximate surface area is 110 Å². The van der Waals surface area contributed by atoms with Gasteiger partial charge in [-0.2, -0.15) is 0 Å². The van der Waals surface area contributed by atoms with Gasteiger partial charge in [0.25, 0.3) is 5.91 Å². The van der Waals surface area contributed by atoms with Crippen LogP contribution >= 0.6 is 0 Å². The van der Waals surface area contributed by atoms with Crippen LogP contribution in [0, 0.1) is 0 Å². The first-order chi connectivity index (χ1) is 9.33. The molecule has 0 atom stereocenters. The minimum Gasteiger partial charge on any atom is -0.306 e. The van der Waals surface area contributed by atoms with E-state index in [0.717, 1.165) is 10.9 Å². The number of para-hydroxylation sites is 1. The maximum atomic E-state index is 12.0. The van der Waals surface area contributed by atoms with Gasteiger partial charge in [-0.05, 0) is 30.3 Å². The quantitative estimate of drug-likeness (QED) is 0.759. The molecule has 0 aliphatic carbocycles. The van der Waals surface area contributed by atoms with E-state index in [4.69, 9.17) is 0 Å². The molecule has 0 unspecified atom stereocenters. The summed E-state index contributed by atoms with van der Waals surface area (Å²) in [6, 6.07) is 14.9. The molecule has 0 saturated carbocycles. The number of nitrogens with one attached hydrogen (secondary N) is 1. The van der Waals surface area contributed by atoms with E-state index in [2.05, 4.69) is 15.3 Å². The normalized spacial score (nSPS) is 10.3. The monoisotopic (exact) mass is 249 g/mol. The number of carbonyl (C=O) groups is 1. The average Bonchev–Trinajstić information content (AvgIpc) is 2.48. The molecule has 4 heteroatoms. The molecule has 1 N–H and O–H groups in total. The first-order valence-corrected chi connectivity index (χ1v) is 5.90. The van der Waals surface area contributed by atoms with Crippen molar-refractivity contribution in [2.75, 3.05) is 5.32 Å². The zero-order chi connectivity index (χ0) is 13.1. The van der Waals surface area contributed by atoms with E-state index >= 15 is 0 Å². The van der Waals surface area contributed by atoms with Gasteiger partial charge in [-0.15, -0.1) is 0 Å². The van der Waals surface area contributed by atoms with Gasteiger partial charge in [-0.1, -0.05) is 18.2 Å². The summed E-state index contributed by atoms with van der Waals surface area (Å²) < 4.78 is 0. The highest BCUT2D eigenvalue weighted by molar-refractivity contribution is 6.03. The maximum Gasteiger partial charge on any atom is 0.258 e. The van der Waals surface area contributed by atoms with Crippen LogP contribution in [-0.2, 0) is 0 Å². The van der Waals surface area contributed by atoms with Gasteiger partial charge >= 0.3 is 0 Å². The Bertz CT molecular complexity index is 726. The Balaban J connectivity index is 1.87. The fourth-order valence-electron chi connectivity index (χ4n) is 1.82. The number of hydrogen-bond acceptors (Lipinski definition) is 3. The Morgan fingerprint density at radius 1 is 1.00 bits per heavy atom. The van der Waals surface area contributed by atoms with Gasteiger partial charge in [0.2, 0.25) is 0 Å². The SMILES string of the molecule is O=C(Nc1ccc2ccccc2n1)c1cccnc1. The average molecular weight is 249 g/mol. The summed E-state index contributed by atoms with van der Waals surface area (Å²) >= 11 is 0. The van der Waals surface area contributed by atoms with Gasteiger partial charge in [-0.3, -0.25) is 9.78 Å². The summed E-state index contributed by atoms with van der Waals surface area (Å²) in [5.74, 6) is 0.323. The van der Waals surface area contributed by atoms with Crippen molar-refractivity contribution in [3.05, 3.63) is 66.5 Å². The number of anilines is 1. The van der Waals surface area contributed by atoms with Crippen LogP contribution in [0.15, 0.2) is 60.9 Å². The third kappa shape index (κ3) is 2.42. The number of carbonyl (C=O) groups excluding carboxylic acids is 1. The summed E-state index contributed by atoms with van der Waals surface area (Å²) in [6.07, 6.45) is 3.15. The largest absolute Gasteiger partial charge is 0.306 e. The van der Waals surface area contributed by atoms with E-state index in [9.17, 15) is 4.79 Å². The molecule has 0 saturated heterocycles. The van der Waals surface area contributed by atoms with Gasteiger partial charge in [0.05, 0.1) is 11.1 Å². The van der Waals surface area contributed by atoms with E-state index in [1.54, 1.807) is 24.4 Å².